The molecule has 0 aliphatic heterocycles. The number of benzene rings is 16. The van der Waals surface area contributed by atoms with Crippen molar-refractivity contribution in [1.82, 2.24) is 48.1 Å². The van der Waals surface area contributed by atoms with Crippen LogP contribution in [0.15, 0.2) is 432 Å². The number of hydrogen-bond donors (Lipinski definition) is 0. The highest BCUT2D eigenvalue weighted by molar-refractivity contribution is 7.86. The highest BCUT2D eigenvalue weighted by Crippen LogP contribution is 2.51. The Balaban J connectivity index is 0.000000107. The molecule has 26 aromatic rings. The van der Waals surface area contributed by atoms with E-state index in [1.807, 2.05) is 182 Å². The second-order valence-corrected chi connectivity index (χ2v) is 40.3. The van der Waals surface area contributed by atoms with Crippen LogP contribution in [0, 0.1) is 0 Å². The van der Waals surface area contributed by atoms with Gasteiger partial charge in [0.25, 0.3) is 0 Å². The fraction of sp³-hybridized carbons (Fsp3) is 0. The Labute approximate surface area is 727 Å². The van der Waals surface area contributed by atoms with Gasteiger partial charge in [-0.15, -0.1) is 0 Å². The molecular weight excluding hydrogens is 1610 g/mol. The van der Waals surface area contributed by atoms with Crippen LogP contribution >= 0.6 is 21.4 Å². The summed E-state index contributed by atoms with van der Waals surface area (Å²) in [6.45, 7) is 0. The van der Waals surface area contributed by atoms with Crippen molar-refractivity contribution in [3.63, 3.8) is 0 Å². The molecule has 0 saturated heterocycles. The molecule has 0 radical (unpaired) electrons. The molecule has 0 aliphatic rings. The summed E-state index contributed by atoms with van der Waals surface area (Å²) in [5, 5.41) is 24.5. The number of hydrogen-bond acceptors (Lipinski definition) is 10. The maximum Gasteiger partial charge on any atom is 0.174 e. The minimum absolute atomic E-state index is 0.669. The van der Waals surface area contributed by atoms with Crippen molar-refractivity contribution in [3.8, 4) is 11.1 Å². The van der Waals surface area contributed by atoms with E-state index >= 15 is 9.13 Å². The molecule has 0 aliphatic carbocycles. The van der Waals surface area contributed by atoms with Crippen molar-refractivity contribution in [3.05, 3.63) is 432 Å². The van der Waals surface area contributed by atoms with Gasteiger partial charge < -0.3 is 13.7 Å². The van der Waals surface area contributed by atoms with Gasteiger partial charge in [0.2, 0.25) is 0 Å². The Kier molecular flexibility index (Phi) is 17.8. The second-order valence-electron chi connectivity index (χ2n) is 32.0. The topological polar surface area (TPSA) is 155 Å². The van der Waals surface area contributed by atoms with Crippen LogP contribution in [0.4, 0.5) is 0 Å². The van der Waals surface area contributed by atoms with Gasteiger partial charge in [-0.1, -0.05) is 267 Å². The standard InChI is InChI=1S/C40H26N3OP.C38H24N3OP.C33H21N4OP/c44-45(30-10-2-1-3-11-30,31-20-17-27(18-21-31)28-23-25-41-26-24-28)37-16-8-9-29-19-22-33-32-12-4-6-14-35(32)43-36-15-7-5-13-34(36)42-40(43)39(33)38(29)37;42-43(27-12-2-1-3-13-27,28-20-22-32-26(24-28)11-9-23-39-32)35-18-8-17-34-37(35)40-38-36-29-14-5-4-10-25(29)19-21-31(36)30-15-6-7-16-33(30)41(34)38;38-39(24-8-5-17-34-20-24,25-9-6-18-35-21-25)23-14-16-31-29(19-23)36-33-32-26-10-2-1-7-22(26)13-15-28(32)27-11-3-4-12-30(27)37(31)33/h1-26H;1-24H;1-21H. The average Bonchev–Trinajstić information content (AvgIpc) is 1.67. The largest absolute Gasteiger partial charge is 0.309 e. The predicted molar refractivity (Wildman–Crippen MR) is 528 cm³/mol. The summed E-state index contributed by atoms with van der Waals surface area (Å²) in [7, 11) is -9.95. The molecule has 598 valence electrons. The van der Waals surface area contributed by atoms with E-state index in [0.29, 0.717) is 15.9 Å². The van der Waals surface area contributed by atoms with E-state index < -0.39 is 21.4 Å². The lowest BCUT2D eigenvalue weighted by Crippen LogP contribution is -2.25. The highest BCUT2D eigenvalue weighted by atomic mass is 31.2. The van der Waals surface area contributed by atoms with Crippen LogP contribution in [0.25, 0.3) is 169 Å². The molecule has 10 heterocycles. The maximum atomic E-state index is 16.1. The summed E-state index contributed by atoms with van der Waals surface area (Å²) in [4.78, 5) is 33.1. The third-order valence-electron chi connectivity index (χ3n) is 25.2. The summed E-state index contributed by atoms with van der Waals surface area (Å²) >= 11 is 0. The number of pyridine rings is 7. The average molecular weight is 1690 g/mol. The Morgan fingerprint density at radius 1 is 0.213 bits per heavy atom. The van der Waals surface area contributed by atoms with Gasteiger partial charge in [0.15, 0.2) is 21.4 Å². The monoisotopic (exact) mass is 1680 g/mol. The molecule has 16 aromatic carbocycles. The van der Waals surface area contributed by atoms with Crippen molar-refractivity contribution in [1.29, 1.82) is 0 Å². The zero-order valence-electron chi connectivity index (χ0n) is 68.0. The van der Waals surface area contributed by atoms with E-state index in [0.717, 1.165) is 180 Å². The summed E-state index contributed by atoms with van der Waals surface area (Å²) in [5.41, 5.74) is 14.4. The zero-order valence-corrected chi connectivity index (χ0v) is 70.7. The minimum atomic E-state index is -3.36. The lowest BCUT2D eigenvalue weighted by molar-refractivity contribution is 0.591. The lowest BCUT2D eigenvalue weighted by Gasteiger charge is -2.23. The molecule has 13 nitrogen and oxygen atoms in total. The summed E-state index contributed by atoms with van der Waals surface area (Å²) in [6.07, 6.45) is 12.1. The molecule has 127 heavy (non-hydrogen) atoms. The van der Waals surface area contributed by atoms with Crippen LogP contribution in [0.2, 0.25) is 0 Å². The first-order valence-corrected chi connectivity index (χ1v) is 47.3. The number of para-hydroxylation sites is 6. The molecular formula is C111H71N10O3P3. The Morgan fingerprint density at radius 2 is 0.638 bits per heavy atom. The zero-order chi connectivity index (χ0) is 84.5. The third-order valence-corrected chi connectivity index (χ3v) is 34.4. The minimum Gasteiger partial charge on any atom is -0.309 e. The highest BCUT2D eigenvalue weighted by Gasteiger charge is 2.37. The maximum absolute atomic E-state index is 16.1. The SMILES string of the molecule is O=P(c1ccccc1)(c1ccc(-c2ccncc2)cc1)c1cccc2ccc3c4ccccc4n4c5ccccc5nc4c3c12.O=P(c1ccccc1)(c1ccc2ncccc2c1)c1cccc2c1nc1c3c4ccccc4ccc3c3ccccc3n21.O=P(c1cccnc1)(c1cccnc1)c1ccc2c(c1)nc1c3c4ccccc4ccc3c3ccccc3n21. The van der Waals surface area contributed by atoms with Crippen molar-refractivity contribution >= 4 is 227 Å². The number of aromatic nitrogens is 10. The van der Waals surface area contributed by atoms with E-state index in [-0.39, 0.29) is 0 Å². The van der Waals surface area contributed by atoms with Crippen molar-refractivity contribution in [2.75, 3.05) is 0 Å². The van der Waals surface area contributed by atoms with E-state index in [1.165, 1.54) is 21.5 Å². The van der Waals surface area contributed by atoms with Gasteiger partial charge in [-0.05, 0) is 176 Å². The van der Waals surface area contributed by atoms with Crippen LogP contribution in [0.1, 0.15) is 0 Å². The second kappa shape index (κ2) is 30.1. The Bertz CT molecular complexity index is 9110. The summed E-state index contributed by atoms with van der Waals surface area (Å²) in [5.74, 6) is 0. The molecule has 16 heteroatoms. The van der Waals surface area contributed by atoms with Crippen molar-refractivity contribution in [2.24, 2.45) is 0 Å². The number of fused-ring (bicyclic) bond motifs is 31. The molecule has 0 saturated carbocycles. The van der Waals surface area contributed by atoms with E-state index in [1.54, 1.807) is 43.4 Å². The van der Waals surface area contributed by atoms with Crippen molar-refractivity contribution in [2.45, 2.75) is 0 Å². The van der Waals surface area contributed by atoms with Crippen LogP contribution in [0.5, 0.6) is 0 Å². The molecule has 0 spiro atoms. The van der Waals surface area contributed by atoms with E-state index in [4.69, 9.17) is 15.0 Å². The molecule has 26 rings (SSSR count). The number of imidazole rings is 3. The molecule has 2 unspecified atom stereocenters. The predicted octanol–water partition coefficient (Wildman–Crippen LogP) is 23.2. The van der Waals surface area contributed by atoms with Gasteiger partial charge in [-0.3, -0.25) is 33.1 Å². The van der Waals surface area contributed by atoms with Gasteiger partial charge >= 0.3 is 0 Å². The molecule has 0 bridgehead atoms. The van der Waals surface area contributed by atoms with Crippen molar-refractivity contribution < 1.29 is 13.7 Å². The van der Waals surface area contributed by atoms with Crippen LogP contribution in [0.3, 0.4) is 0 Å². The quantitative estimate of drug-likeness (QED) is 0.0954. The first-order valence-electron chi connectivity index (χ1n) is 42.2. The smallest absolute Gasteiger partial charge is 0.174 e. The van der Waals surface area contributed by atoms with Gasteiger partial charge in [0.05, 0.1) is 49.7 Å². The summed E-state index contributed by atoms with van der Waals surface area (Å²) in [6, 6.07) is 131. The Morgan fingerprint density at radius 3 is 1.25 bits per heavy atom. The van der Waals surface area contributed by atoms with Gasteiger partial charge in [-0.2, -0.15) is 0 Å². The fourth-order valence-corrected chi connectivity index (χ4v) is 27.6. The third kappa shape index (κ3) is 11.8. The normalized spacial score (nSPS) is 12.9. The molecule has 10 aromatic heterocycles. The first kappa shape index (κ1) is 75.0. The molecule has 2 atom stereocenters. The molecule has 0 N–H and O–H groups in total. The Hall–Kier alpha value is -15.7. The van der Waals surface area contributed by atoms with Gasteiger partial charge in [-0.25, -0.2) is 15.0 Å². The van der Waals surface area contributed by atoms with Crippen LogP contribution < -0.4 is 47.7 Å². The summed E-state index contributed by atoms with van der Waals surface area (Å²) < 4.78 is 53.6. The van der Waals surface area contributed by atoms with Crippen LogP contribution in [-0.4, -0.2) is 48.1 Å². The van der Waals surface area contributed by atoms with E-state index in [2.05, 4.69) is 239 Å². The number of nitrogens with zero attached hydrogens (tertiary/aromatic N) is 10. The molecule has 0 fully saturated rings. The van der Waals surface area contributed by atoms with Crippen LogP contribution in [-0.2, 0) is 13.7 Å². The van der Waals surface area contributed by atoms with Gasteiger partial charge in [0.1, 0.15) is 22.5 Å². The van der Waals surface area contributed by atoms with E-state index in [9.17, 15) is 4.57 Å². The lowest BCUT2D eigenvalue weighted by atomic mass is 9.99. The number of rotatable bonds is 10. The first-order chi connectivity index (χ1) is 62.7. The fourth-order valence-electron chi connectivity index (χ4n) is 19.4. The molecule has 0 amide bonds. The van der Waals surface area contributed by atoms with Gasteiger partial charge in [0, 0.05) is 134 Å².